The summed E-state index contributed by atoms with van der Waals surface area (Å²) in [7, 11) is 3.50. The van der Waals surface area contributed by atoms with Crippen LogP contribution in [0.15, 0.2) is 35.3 Å². The molecule has 138 valence electrons. The Bertz CT molecular complexity index is 641. The van der Waals surface area contributed by atoms with Gasteiger partial charge in [-0.1, -0.05) is 18.2 Å². The fourth-order valence-electron chi connectivity index (χ4n) is 3.28. The smallest absolute Gasteiger partial charge is 0.194 e. The first-order valence-corrected chi connectivity index (χ1v) is 8.65. The minimum atomic E-state index is -0.534. The Labute approximate surface area is 167 Å². The molecule has 2 aliphatic rings. The minimum absolute atomic E-state index is 0. The van der Waals surface area contributed by atoms with E-state index in [1.54, 1.807) is 14.2 Å². The average molecular weight is 457 g/mol. The first-order chi connectivity index (χ1) is 11.6. The highest BCUT2D eigenvalue weighted by Crippen LogP contribution is 2.30. The maximum atomic E-state index is 10.2. The second kappa shape index (κ2) is 8.89. The highest BCUT2D eigenvalue weighted by atomic mass is 127. The van der Waals surface area contributed by atoms with Crippen LogP contribution in [0.3, 0.4) is 0 Å². The van der Waals surface area contributed by atoms with Crippen LogP contribution < -0.4 is 10.1 Å². The molecule has 5 nitrogen and oxygen atoms in total. The standard InChI is InChI=1S/C19H27N3O2.HI/c1-20-18(21-14-19(23)9-4-10-19)22-11-7-15(8-12-22)16-5-3-6-17(13-16)24-2;/h3,5-7,13,23H,4,8-12,14H2,1-2H3,(H,20,21);1H. The largest absolute Gasteiger partial charge is 0.497 e. The fourth-order valence-corrected chi connectivity index (χ4v) is 3.28. The van der Waals surface area contributed by atoms with E-state index >= 15 is 0 Å². The fraction of sp³-hybridized carbons (Fsp3) is 0.526. The predicted molar refractivity (Wildman–Crippen MR) is 113 cm³/mol. The van der Waals surface area contributed by atoms with Crippen molar-refractivity contribution < 1.29 is 9.84 Å². The number of guanidine groups is 1. The molecular weight excluding hydrogens is 429 g/mol. The summed E-state index contributed by atoms with van der Waals surface area (Å²) in [6.45, 7) is 2.33. The molecule has 2 N–H and O–H groups in total. The number of hydrogen-bond donors (Lipinski definition) is 2. The Morgan fingerprint density at radius 3 is 2.76 bits per heavy atom. The Balaban J connectivity index is 0.00000225. The lowest BCUT2D eigenvalue weighted by Crippen LogP contribution is -2.52. The molecule has 1 aliphatic heterocycles. The van der Waals surface area contributed by atoms with Crippen molar-refractivity contribution in [2.24, 2.45) is 4.99 Å². The van der Waals surface area contributed by atoms with Crippen LogP contribution in [0.2, 0.25) is 0 Å². The lowest BCUT2D eigenvalue weighted by atomic mass is 9.80. The summed E-state index contributed by atoms with van der Waals surface area (Å²) in [5.41, 5.74) is 2.03. The normalized spacial score (nSPS) is 19.4. The van der Waals surface area contributed by atoms with Crippen LogP contribution in [0.5, 0.6) is 5.75 Å². The molecule has 1 aromatic carbocycles. The number of aliphatic hydroxyl groups is 1. The first kappa shape index (κ1) is 20.0. The van der Waals surface area contributed by atoms with Crippen LogP contribution in [0.1, 0.15) is 31.2 Å². The summed E-state index contributed by atoms with van der Waals surface area (Å²) < 4.78 is 5.31. The highest BCUT2D eigenvalue weighted by molar-refractivity contribution is 14.0. The summed E-state index contributed by atoms with van der Waals surface area (Å²) in [4.78, 5) is 6.60. The number of benzene rings is 1. The van der Waals surface area contributed by atoms with E-state index < -0.39 is 5.60 Å². The number of ether oxygens (including phenoxy) is 1. The maximum absolute atomic E-state index is 10.2. The van der Waals surface area contributed by atoms with Crippen LogP contribution in [0.4, 0.5) is 0 Å². The molecule has 0 bridgehead atoms. The quantitative estimate of drug-likeness (QED) is 0.415. The van der Waals surface area contributed by atoms with E-state index in [1.807, 2.05) is 12.1 Å². The van der Waals surface area contributed by atoms with E-state index in [-0.39, 0.29) is 24.0 Å². The van der Waals surface area contributed by atoms with Crippen molar-refractivity contribution in [2.45, 2.75) is 31.3 Å². The number of rotatable bonds is 4. The van der Waals surface area contributed by atoms with E-state index in [0.717, 1.165) is 50.5 Å². The van der Waals surface area contributed by atoms with E-state index in [0.29, 0.717) is 6.54 Å². The van der Waals surface area contributed by atoms with Crippen LogP contribution in [0.25, 0.3) is 5.57 Å². The predicted octanol–water partition coefficient (Wildman–Crippen LogP) is 2.89. The molecule has 0 atom stereocenters. The number of nitrogens with one attached hydrogen (secondary N) is 1. The zero-order valence-corrected chi connectivity index (χ0v) is 17.3. The molecule has 1 aromatic rings. The molecule has 1 fully saturated rings. The van der Waals surface area contributed by atoms with E-state index in [2.05, 4.69) is 33.4 Å². The average Bonchev–Trinajstić information content (AvgIpc) is 2.61. The second-order valence-corrected chi connectivity index (χ2v) is 6.64. The molecule has 6 heteroatoms. The summed E-state index contributed by atoms with van der Waals surface area (Å²) in [6, 6.07) is 8.21. The molecule has 0 saturated heterocycles. The lowest BCUT2D eigenvalue weighted by molar-refractivity contribution is -0.0282. The number of halogens is 1. The van der Waals surface area contributed by atoms with Gasteiger partial charge in [-0.2, -0.15) is 0 Å². The van der Waals surface area contributed by atoms with E-state index in [9.17, 15) is 5.11 Å². The molecule has 1 heterocycles. The molecule has 0 amide bonds. The molecule has 0 radical (unpaired) electrons. The van der Waals surface area contributed by atoms with Crippen LogP contribution in [-0.2, 0) is 0 Å². The number of hydrogen-bond acceptors (Lipinski definition) is 3. The summed E-state index contributed by atoms with van der Waals surface area (Å²) >= 11 is 0. The van der Waals surface area contributed by atoms with E-state index in [4.69, 9.17) is 4.74 Å². The van der Waals surface area contributed by atoms with Gasteiger partial charge in [-0.05, 0) is 49.0 Å². The van der Waals surface area contributed by atoms with Crippen molar-refractivity contribution in [3.8, 4) is 5.75 Å². The first-order valence-electron chi connectivity index (χ1n) is 8.65. The van der Waals surface area contributed by atoms with Gasteiger partial charge >= 0.3 is 0 Å². The van der Waals surface area contributed by atoms with Crippen molar-refractivity contribution in [3.63, 3.8) is 0 Å². The molecule has 0 aromatic heterocycles. The Morgan fingerprint density at radius 1 is 1.40 bits per heavy atom. The number of methoxy groups -OCH3 is 1. The summed E-state index contributed by atoms with van der Waals surface area (Å²) in [5.74, 6) is 1.76. The Kier molecular flexibility index (Phi) is 7.13. The third kappa shape index (κ3) is 4.88. The highest BCUT2D eigenvalue weighted by Gasteiger charge is 2.34. The number of aliphatic imine (C=N–C) groups is 1. The van der Waals surface area contributed by atoms with Gasteiger partial charge in [-0.25, -0.2) is 0 Å². The summed E-state index contributed by atoms with van der Waals surface area (Å²) in [5, 5.41) is 13.6. The van der Waals surface area contributed by atoms with Gasteiger partial charge < -0.3 is 20.1 Å². The Hall–Kier alpha value is -1.28. The van der Waals surface area contributed by atoms with Gasteiger partial charge in [-0.3, -0.25) is 4.99 Å². The lowest BCUT2D eigenvalue weighted by Gasteiger charge is -2.38. The SMILES string of the molecule is CN=C(NCC1(O)CCC1)N1CC=C(c2cccc(OC)c2)CC1.I. The van der Waals surface area contributed by atoms with Gasteiger partial charge in [0.15, 0.2) is 5.96 Å². The molecular formula is C19H28IN3O2. The molecule has 1 saturated carbocycles. The van der Waals surface area contributed by atoms with Crippen LogP contribution >= 0.6 is 24.0 Å². The maximum Gasteiger partial charge on any atom is 0.194 e. The third-order valence-corrected chi connectivity index (χ3v) is 5.02. The second-order valence-electron chi connectivity index (χ2n) is 6.64. The molecule has 3 rings (SSSR count). The monoisotopic (exact) mass is 457 g/mol. The number of nitrogens with zero attached hydrogens (tertiary/aromatic N) is 2. The molecule has 25 heavy (non-hydrogen) atoms. The molecule has 0 spiro atoms. The van der Waals surface area contributed by atoms with Crippen molar-refractivity contribution >= 4 is 35.5 Å². The van der Waals surface area contributed by atoms with Gasteiger partial charge in [0.1, 0.15) is 5.75 Å². The van der Waals surface area contributed by atoms with Crippen molar-refractivity contribution in [3.05, 3.63) is 35.9 Å². The Morgan fingerprint density at radius 2 is 2.20 bits per heavy atom. The minimum Gasteiger partial charge on any atom is -0.497 e. The van der Waals surface area contributed by atoms with Gasteiger partial charge in [0.25, 0.3) is 0 Å². The summed E-state index contributed by atoms with van der Waals surface area (Å²) in [6.07, 6.45) is 6.11. The topological polar surface area (TPSA) is 57.1 Å². The van der Waals surface area contributed by atoms with Gasteiger partial charge in [0.05, 0.1) is 12.7 Å². The van der Waals surface area contributed by atoms with Gasteiger partial charge in [0.2, 0.25) is 0 Å². The van der Waals surface area contributed by atoms with Gasteiger partial charge in [-0.15, -0.1) is 24.0 Å². The molecule has 1 aliphatic carbocycles. The van der Waals surface area contributed by atoms with Crippen molar-refractivity contribution in [2.75, 3.05) is 33.8 Å². The van der Waals surface area contributed by atoms with Crippen molar-refractivity contribution in [1.82, 2.24) is 10.2 Å². The zero-order chi connectivity index (χ0) is 17.0. The van der Waals surface area contributed by atoms with E-state index in [1.165, 1.54) is 11.1 Å². The van der Waals surface area contributed by atoms with Crippen LogP contribution in [0, 0.1) is 0 Å². The van der Waals surface area contributed by atoms with Crippen LogP contribution in [-0.4, -0.2) is 55.4 Å². The third-order valence-electron chi connectivity index (χ3n) is 5.02. The van der Waals surface area contributed by atoms with Crippen molar-refractivity contribution in [1.29, 1.82) is 0 Å². The zero-order valence-electron chi connectivity index (χ0n) is 15.0. The van der Waals surface area contributed by atoms with Gasteiger partial charge in [0, 0.05) is 26.7 Å². The molecule has 0 unspecified atom stereocenters.